The Hall–Kier alpha value is -1.43. The molecule has 0 amide bonds. The fourth-order valence-corrected chi connectivity index (χ4v) is 3.80. The van der Waals surface area contributed by atoms with Crippen LogP contribution < -0.4 is 10.9 Å². The molecule has 3 rings (SSSR count). The van der Waals surface area contributed by atoms with Gasteiger partial charge in [-0.1, -0.05) is 38.0 Å². The molecule has 1 fully saturated rings. The highest BCUT2D eigenvalue weighted by Gasteiger charge is 2.18. The van der Waals surface area contributed by atoms with Gasteiger partial charge in [0.25, 0.3) is 5.56 Å². The maximum absolute atomic E-state index is 12.0. The number of hydrogen-bond acceptors (Lipinski definition) is 5. The van der Waals surface area contributed by atoms with Gasteiger partial charge in [0.1, 0.15) is 0 Å². The molecule has 1 saturated carbocycles. The highest BCUT2D eigenvalue weighted by atomic mass is 32.1. The summed E-state index contributed by atoms with van der Waals surface area (Å²) in [5.41, 5.74) is 0.745. The summed E-state index contributed by atoms with van der Waals surface area (Å²) in [5, 5.41) is 8.70. The van der Waals surface area contributed by atoms with Gasteiger partial charge in [0.05, 0.1) is 0 Å². The van der Waals surface area contributed by atoms with E-state index >= 15 is 0 Å². The number of anilines is 1. The van der Waals surface area contributed by atoms with Crippen LogP contribution in [0.25, 0.3) is 4.96 Å². The topological polar surface area (TPSA) is 59.3 Å². The molecule has 2 aromatic rings. The molecule has 0 radical (unpaired) electrons. The molecule has 21 heavy (non-hydrogen) atoms. The Morgan fingerprint density at radius 3 is 3.05 bits per heavy atom. The Balaban J connectivity index is 1.81. The maximum Gasteiger partial charge on any atom is 0.275 e. The molecule has 0 spiro atoms. The SMILES string of the molecule is CCc1cc(=O)n2nc(NC3CCCC(C)CC3)sc2n1. The monoisotopic (exact) mass is 306 g/mol. The molecule has 1 aliphatic carbocycles. The van der Waals surface area contributed by atoms with Crippen molar-refractivity contribution in [2.45, 2.75) is 58.4 Å². The third kappa shape index (κ3) is 3.26. The van der Waals surface area contributed by atoms with E-state index in [1.165, 1.54) is 48.0 Å². The predicted molar refractivity (Wildman–Crippen MR) is 86.2 cm³/mol. The second-order valence-electron chi connectivity index (χ2n) is 6.00. The molecule has 1 aliphatic rings. The van der Waals surface area contributed by atoms with Crippen molar-refractivity contribution in [3.8, 4) is 0 Å². The normalized spacial score (nSPS) is 23.1. The number of fused-ring (bicyclic) bond motifs is 1. The van der Waals surface area contributed by atoms with Gasteiger partial charge in [-0.25, -0.2) is 4.98 Å². The van der Waals surface area contributed by atoms with Crippen LogP contribution in [0.3, 0.4) is 0 Å². The first kappa shape index (κ1) is 14.5. The molecular weight excluding hydrogens is 284 g/mol. The summed E-state index contributed by atoms with van der Waals surface area (Å²) in [7, 11) is 0. The van der Waals surface area contributed by atoms with Crippen LogP contribution >= 0.6 is 11.3 Å². The average Bonchev–Trinajstić information content (AvgIpc) is 2.76. The van der Waals surface area contributed by atoms with Crippen molar-refractivity contribution in [1.82, 2.24) is 14.6 Å². The van der Waals surface area contributed by atoms with Crippen molar-refractivity contribution in [2.75, 3.05) is 5.32 Å². The summed E-state index contributed by atoms with van der Waals surface area (Å²) >= 11 is 1.47. The Labute approximate surface area is 128 Å². The molecule has 1 N–H and O–H groups in total. The standard InChI is InChI=1S/C15H22N4OS/c1-3-11-9-13(20)19-15(17-11)21-14(18-19)16-12-6-4-5-10(2)7-8-12/h9-10,12H,3-8H2,1-2H3,(H,16,18). The maximum atomic E-state index is 12.0. The Morgan fingerprint density at radius 1 is 1.38 bits per heavy atom. The van der Waals surface area contributed by atoms with Crippen LogP contribution in [0.15, 0.2) is 10.9 Å². The van der Waals surface area contributed by atoms with Gasteiger partial charge in [0, 0.05) is 17.8 Å². The Kier molecular flexibility index (Phi) is 4.24. The third-order valence-electron chi connectivity index (χ3n) is 4.25. The molecule has 2 atom stereocenters. The second kappa shape index (κ2) is 6.13. The van der Waals surface area contributed by atoms with E-state index in [0.717, 1.165) is 23.2 Å². The van der Waals surface area contributed by atoms with Crippen molar-refractivity contribution in [3.05, 3.63) is 22.1 Å². The van der Waals surface area contributed by atoms with E-state index in [9.17, 15) is 4.79 Å². The molecule has 0 aliphatic heterocycles. The minimum absolute atomic E-state index is 0.0874. The van der Waals surface area contributed by atoms with E-state index in [4.69, 9.17) is 0 Å². The summed E-state index contributed by atoms with van der Waals surface area (Å²) in [4.78, 5) is 17.2. The molecule has 6 heteroatoms. The van der Waals surface area contributed by atoms with Gasteiger partial charge < -0.3 is 5.32 Å². The Bertz CT molecular complexity index is 678. The van der Waals surface area contributed by atoms with Crippen molar-refractivity contribution in [1.29, 1.82) is 0 Å². The van der Waals surface area contributed by atoms with E-state index in [1.807, 2.05) is 6.92 Å². The zero-order chi connectivity index (χ0) is 14.8. The van der Waals surface area contributed by atoms with E-state index in [-0.39, 0.29) is 5.56 Å². The summed E-state index contributed by atoms with van der Waals surface area (Å²) in [6, 6.07) is 2.04. The highest BCUT2D eigenvalue weighted by molar-refractivity contribution is 7.20. The number of nitrogens with zero attached hydrogens (tertiary/aromatic N) is 3. The van der Waals surface area contributed by atoms with Crippen LogP contribution in [0, 0.1) is 5.92 Å². The lowest BCUT2D eigenvalue weighted by Gasteiger charge is -2.14. The molecular formula is C15H22N4OS. The molecule has 2 heterocycles. The lowest BCUT2D eigenvalue weighted by molar-refractivity contribution is 0.502. The molecule has 2 unspecified atom stereocenters. The smallest absolute Gasteiger partial charge is 0.275 e. The predicted octanol–water partition coefficient (Wildman–Crippen LogP) is 3.09. The van der Waals surface area contributed by atoms with Crippen LogP contribution in [0.5, 0.6) is 0 Å². The molecule has 0 bridgehead atoms. The number of rotatable bonds is 3. The van der Waals surface area contributed by atoms with Gasteiger partial charge >= 0.3 is 0 Å². The number of aromatic nitrogens is 3. The zero-order valence-corrected chi connectivity index (χ0v) is 13.4. The third-order valence-corrected chi connectivity index (χ3v) is 5.08. The van der Waals surface area contributed by atoms with Gasteiger partial charge in [0.15, 0.2) is 0 Å². The van der Waals surface area contributed by atoms with Crippen molar-refractivity contribution < 1.29 is 0 Å². The van der Waals surface area contributed by atoms with Gasteiger partial charge in [-0.3, -0.25) is 4.79 Å². The van der Waals surface area contributed by atoms with Crippen LogP contribution in [0.2, 0.25) is 0 Å². The molecule has 2 aromatic heterocycles. The van der Waals surface area contributed by atoms with E-state index < -0.39 is 0 Å². The van der Waals surface area contributed by atoms with Crippen LogP contribution in [0.4, 0.5) is 5.13 Å². The second-order valence-corrected chi connectivity index (χ2v) is 6.95. The summed E-state index contributed by atoms with van der Waals surface area (Å²) < 4.78 is 1.41. The van der Waals surface area contributed by atoms with E-state index in [2.05, 4.69) is 22.3 Å². The minimum atomic E-state index is -0.0874. The fraction of sp³-hybridized carbons (Fsp3) is 0.667. The van der Waals surface area contributed by atoms with Crippen molar-refractivity contribution in [3.63, 3.8) is 0 Å². The number of nitrogens with one attached hydrogen (secondary N) is 1. The van der Waals surface area contributed by atoms with Gasteiger partial charge in [-0.15, -0.1) is 5.10 Å². The summed E-state index contributed by atoms with van der Waals surface area (Å²) in [5.74, 6) is 0.823. The van der Waals surface area contributed by atoms with Gasteiger partial charge in [0.2, 0.25) is 10.1 Å². The lowest BCUT2D eigenvalue weighted by atomic mass is 10.0. The first-order chi connectivity index (χ1) is 10.2. The Morgan fingerprint density at radius 2 is 2.24 bits per heavy atom. The van der Waals surface area contributed by atoms with Crippen molar-refractivity contribution >= 4 is 21.4 Å². The molecule has 5 nitrogen and oxygen atoms in total. The quantitative estimate of drug-likeness (QED) is 0.885. The van der Waals surface area contributed by atoms with Crippen LogP contribution in [0.1, 0.15) is 51.6 Å². The first-order valence-electron chi connectivity index (χ1n) is 7.82. The summed E-state index contributed by atoms with van der Waals surface area (Å²) in [6.07, 6.45) is 6.98. The lowest BCUT2D eigenvalue weighted by Crippen LogP contribution is -2.19. The van der Waals surface area contributed by atoms with E-state index in [1.54, 1.807) is 6.07 Å². The van der Waals surface area contributed by atoms with Crippen LogP contribution in [-0.4, -0.2) is 20.6 Å². The largest absolute Gasteiger partial charge is 0.357 e. The highest BCUT2D eigenvalue weighted by Crippen LogP contribution is 2.26. The zero-order valence-electron chi connectivity index (χ0n) is 12.6. The number of aryl methyl sites for hydroxylation is 1. The fourth-order valence-electron chi connectivity index (χ4n) is 2.90. The van der Waals surface area contributed by atoms with Crippen molar-refractivity contribution in [2.24, 2.45) is 5.92 Å². The minimum Gasteiger partial charge on any atom is -0.357 e. The molecule has 114 valence electrons. The molecule has 0 aromatic carbocycles. The number of hydrogen-bond donors (Lipinski definition) is 1. The first-order valence-corrected chi connectivity index (χ1v) is 8.63. The average molecular weight is 306 g/mol. The summed E-state index contributed by atoms with van der Waals surface area (Å²) in [6.45, 7) is 4.33. The van der Waals surface area contributed by atoms with Crippen LogP contribution in [-0.2, 0) is 6.42 Å². The molecule has 0 saturated heterocycles. The van der Waals surface area contributed by atoms with E-state index in [0.29, 0.717) is 11.0 Å². The van der Waals surface area contributed by atoms with Gasteiger partial charge in [-0.05, 0) is 31.6 Å². The van der Waals surface area contributed by atoms with Gasteiger partial charge in [-0.2, -0.15) is 4.52 Å².